The number of ether oxygens (including phenoxy) is 2. The number of hydrogen-bond acceptors (Lipinski definition) is 3. The van der Waals surface area contributed by atoms with Gasteiger partial charge in [0.25, 0.3) is 0 Å². The Bertz CT molecular complexity index is 187. The molecule has 0 unspecified atom stereocenters. The highest BCUT2D eigenvalue weighted by atomic mass is 27.1. The van der Waals surface area contributed by atoms with Gasteiger partial charge in [-0.1, -0.05) is 0 Å². The van der Waals surface area contributed by atoms with Crippen molar-refractivity contribution in [3.05, 3.63) is 0 Å². The summed E-state index contributed by atoms with van der Waals surface area (Å²) >= 11 is 1.12. The van der Waals surface area contributed by atoms with E-state index >= 15 is 0 Å². The predicted octanol–water partition coefficient (Wildman–Crippen LogP) is 2.25. The summed E-state index contributed by atoms with van der Waals surface area (Å²) in [4.78, 5) is 0. The molecule has 0 spiro atoms. The lowest BCUT2D eigenvalue weighted by molar-refractivity contribution is -0.00831. The van der Waals surface area contributed by atoms with Gasteiger partial charge < -0.3 is 13.4 Å². The molecule has 0 rings (SSSR count). The van der Waals surface area contributed by atoms with Crippen LogP contribution in [0.1, 0.15) is 54.4 Å². The maximum atomic E-state index is 5.71. The van der Waals surface area contributed by atoms with E-state index in [2.05, 4.69) is 45.4 Å². The summed E-state index contributed by atoms with van der Waals surface area (Å²) in [7, 11) is 0. The van der Waals surface area contributed by atoms with Gasteiger partial charge in [0.05, 0.1) is 11.2 Å². The molecule has 0 N–H and O–H groups in total. The average Bonchev–Trinajstić information content (AvgIpc) is 2.17. The Kier molecular flexibility index (Phi) is 8.75. The van der Waals surface area contributed by atoms with Gasteiger partial charge in [0, 0.05) is 13.2 Å². The Morgan fingerprint density at radius 1 is 0.778 bits per heavy atom. The molecule has 0 aliphatic rings. The van der Waals surface area contributed by atoms with Gasteiger partial charge in [-0.15, -0.1) is 0 Å². The predicted molar refractivity (Wildman–Crippen MR) is 80.8 cm³/mol. The lowest BCUT2D eigenvalue weighted by Gasteiger charge is -2.23. The first-order valence-corrected chi connectivity index (χ1v) is 7.96. The molecule has 108 valence electrons. The van der Waals surface area contributed by atoms with Crippen LogP contribution >= 0.6 is 0 Å². The van der Waals surface area contributed by atoms with E-state index in [9.17, 15) is 0 Å². The monoisotopic (exact) mass is 273 g/mol. The summed E-state index contributed by atoms with van der Waals surface area (Å²) in [5.74, 6) is 0. The number of rotatable bonds is 8. The second-order valence-corrected chi connectivity index (χ2v) is 8.20. The average molecular weight is 273 g/mol. The molecule has 0 atom stereocenters. The standard InChI is InChI=1S/C14H30NO2.Al.2H/c1-13(2,3)16-11-7-9-15-10-8-12-17-14(4,5)6;;;/h7-12H2,1-6H3;;;/q-1;+1;;. The molecule has 0 aromatic rings. The van der Waals surface area contributed by atoms with Crippen molar-refractivity contribution in [2.24, 2.45) is 0 Å². The molecule has 18 heavy (non-hydrogen) atoms. The molecule has 0 aromatic carbocycles. The summed E-state index contributed by atoms with van der Waals surface area (Å²) in [6.45, 7) is 16.7. The molecule has 0 saturated carbocycles. The van der Waals surface area contributed by atoms with Gasteiger partial charge in [0.2, 0.25) is 0 Å². The van der Waals surface area contributed by atoms with E-state index in [1.165, 1.54) is 0 Å². The van der Waals surface area contributed by atoms with Crippen molar-refractivity contribution in [2.75, 3.05) is 26.3 Å². The fraction of sp³-hybridized carbons (Fsp3) is 1.00. The summed E-state index contributed by atoms with van der Waals surface area (Å²) in [6.07, 6.45) is 2.25. The van der Waals surface area contributed by atoms with Gasteiger partial charge in [-0.3, -0.25) is 0 Å². The molecular formula is C14H32AlNO2. The maximum absolute atomic E-state index is 5.71. The third-order valence-electron chi connectivity index (χ3n) is 2.44. The van der Waals surface area contributed by atoms with Gasteiger partial charge in [-0.2, -0.15) is 0 Å². The van der Waals surface area contributed by atoms with Gasteiger partial charge >= 0.3 is 16.5 Å². The summed E-state index contributed by atoms with van der Waals surface area (Å²) < 4.78 is 13.9. The van der Waals surface area contributed by atoms with E-state index in [1.807, 2.05) is 0 Å². The summed E-state index contributed by atoms with van der Waals surface area (Å²) in [6, 6.07) is 0. The van der Waals surface area contributed by atoms with E-state index in [-0.39, 0.29) is 11.2 Å². The Balaban J connectivity index is 3.41. The van der Waals surface area contributed by atoms with Crippen LogP contribution in [0.15, 0.2) is 0 Å². The fourth-order valence-corrected chi connectivity index (χ4v) is 2.17. The van der Waals surface area contributed by atoms with Crippen molar-refractivity contribution in [1.82, 2.24) is 3.88 Å². The topological polar surface area (TPSA) is 21.7 Å². The minimum atomic E-state index is -0.00342. The number of hydrogen-bond donors (Lipinski definition) is 0. The van der Waals surface area contributed by atoms with Crippen LogP contribution in [0.25, 0.3) is 0 Å². The Labute approximate surface area is 122 Å². The molecule has 0 aliphatic heterocycles. The molecule has 0 radical (unpaired) electrons. The number of nitrogens with zero attached hydrogens (tertiary/aromatic N) is 1. The van der Waals surface area contributed by atoms with Crippen molar-refractivity contribution in [3.63, 3.8) is 0 Å². The highest BCUT2D eigenvalue weighted by Gasteiger charge is 2.10. The first-order valence-electron chi connectivity index (χ1n) is 7.07. The highest BCUT2D eigenvalue weighted by molar-refractivity contribution is 6.04. The van der Waals surface area contributed by atoms with Crippen LogP contribution in [0.5, 0.6) is 0 Å². The SMILES string of the molecule is CC(C)(C)OCCC[N]([AlH2])CCCOC(C)(C)C. The largest absolute Gasteiger partial charge is 0.390 e. The highest BCUT2D eigenvalue weighted by Crippen LogP contribution is 2.08. The molecule has 0 aliphatic carbocycles. The third kappa shape index (κ3) is 14.5. The molecular weight excluding hydrogens is 241 g/mol. The zero-order valence-corrected chi connectivity index (χ0v) is 15.5. The minimum Gasteiger partial charge on any atom is -0.390 e. The molecule has 0 fully saturated rings. The van der Waals surface area contributed by atoms with Crippen LogP contribution in [0.2, 0.25) is 0 Å². The van der Waals surface area contributed by atoms with E-state index in [1.54, 1.807) is 0 Å². The first-order chi connectivity index (χ1) is 8.10. The zero-order valence-electron chi connectivity index (χ0n) is 13.5. The van der Waals surface area contributed by atoms with Gasteiger partial charge in [0.15, 0.2) is 0 Å². The Hall–Kier alpha value is 0.412. The summed E-state index contributed by atoms with van der Waals surface area (Å²) in [5.41, 5.74) is -0.00685. The lowest BCUT2D eigenvalue weighted by atomic mass is 10.2. The Morgan fingerprint density at radius 3 is 1.39 bits per heavy atom. The quantitative estimate of drug-likeness (QED) is 0.500. The Morgan fingerprint density at radius 2 is 1.11 bits per heavy atom. The van der Waals surface area contributed by atoms with E-state index in [0.29, 0.717) is 0 Å². The molecule has 0 bridgehead atoms. The van der Waals surface area contributed by atoms with Crippen LogP contribution in [0, 0.1) is 0 Å². The van der Waals surface area contributed by atoms with Crippen LogP contribution in [-0.2, 0) is 9.47 Å². The van der Waals surface area contributed by atoms with Gasteiger partial charge in [-0.25, -0.2) is 0 Å². The van der Waals surface area contributed by atoms with Gasteiger partial charge in [0.1, 0.15) is 0 Å². The van der Waals surface area contributed by atoms with Crippen LogP contribution < -0.4 is 0 Å². The molecule has 0 aromatic heterocycles. The van der Waals surface area contributed by atoms with Crippen molar-refractivity contribution in [2.45, 2.75) is 65.6 Å². The van der Waals surface area contributed by atoms with Crippen LogP contribution in [-0.4, -0.2) is 57.9 Å². The minimum absolute atomic E-state index is 0.00342. The van der Waals surface area contributed by atoms with Crippen molar-refractivity contribution >= 4 is 16.5 Å². The van der Waals surface area contributed by atoms with E-state index in [0.717, 1.165) is 55.7 Å². The zero-order chi connectivity index (χ0) is 14.2. The normalized spacial score (nSPS) is 13.3. The molecule has 4 heteroatoms. The van der Waals surface area contributed by atoms with Crippen LogP contribution in [0.3, 0.4) is 0 Å². The molecule has 0 heterocycles. The molecule has 0 amide bonds. The first kappa shape index (κ1) is 18.4. The second-order valence-electron chi connectivity index (χ2n) is 6.93. The van der Waals surface area contributed by atoms with Crippen molar-refractivity contribution in [1.29, 1.82) is 0 Å². The van der Waals surface area contributed by atoms with E-state index < -0.39 is 0 Å². The van der Waals surface area contributed by atoms with Crippen LogP contribution in [0.4, 0.5) is 0 Å². The maximum Gasteiger partial charge on any atom is 0.321 e. The van der Waals surface area contributed by atoms with Crippen molar-refractivity contribution < 1.29 is 9.47 Å². The summed E-state index contributed by atoms with van der Waals surface area (Å²) in [5, 5.41) is 0. The molecule has 0 saturated heterocycles. The second kappa shape index (κ2) is 8.56. The smallest absolute Gasteiger partial charge is 0.321 e. The third-order valence-corrected chi connectivity index (χ3v) is 3.33. The fourth-order valence-electron chi connectivity index (χ4n) is 1.54. The van der Waals surface area contributed by atoms with Gasteiger partial charge in [-0.05, 0) is 67.5 Å². The molecule has 3 nitrogen and oxygen atoms in total. The van der Waals surface area contributed by atoms with E-state index in [4.69, 9.17) is 9.47 Å². The lowest BCUT2D eigenvalue weighted by Crippen LogP contribution is -2.27. The van der Waals surface area contributed by atoms with Crippen molar-refractivity contribution in [3.8, 4) is 0 Å².